The largest absolute Gasteiger partial charge is 0.461 e. The van der Waals surface area contributed by atoms with Crippen LogP contribution in [0.15, 0.2) is 39.6 Å². The molecule has 0 aliphatic carbocycles. The molecule has 0 aliphatic heterocycles. The van der Waals surface area contributed by atoms with Gasteiger partial charge in [0.15, 0.2) is 5.43 Å². The summed E-state index contributed by atoms with van der Waals surface area (Å²) in [6.45, 7) is 4.37. The van der Waals surface area contributed by atoms with Crippen molar-refractivity contribution in [2.45, 2.75) is 26.7 Å². The standard InChI is InChI=1S/C16H17IO3/c1-3-5-9-19-16-12(6-4-2)15(18)13-10-11(17)7-8-14(13)20-16/h3,5,7-8,10H,4,6,9H2,1-2H3/b5-3+. The van der Waals surface area contributed by atoms with Crippen molar-refractivity contribution in [3.05, 3.63) is 49.7 Å². The number of halogens is 1. The maximum atomic E-state index is 12.6. The van der Waals surface area contributed by atoms with E-state index in [1.807, 2.05) is 44.2 Å². The minimum Gasteiger partial charge on any atom is -0.461 e. The zero-order valence-electron chi connectivity index (χ0n) is 11.6. The molecule has 1 heterocycles. The summed E-state index contributed by atoms with van der Waals surface area (Å²) >= 11 is 2.19. The third kappa shape index (κ3) is 3.23. The van der Waals surface area contributed by atoms with E-state index < -0.39 is 0 Å². The van der Waals surface area contributed by atoms with Gasteiger partial charge in [0.2, 0.25) is 0 Å². The SMILES string of the molecule is C/C=C/COc1oc2ccc(I)cc2c(=O)c1CCC. The predicted molar refractivity (Wildman–Crippen MR) is 89.5 cm³/mol. The lowest BCUT2D eigenvalue weighted by Crippen LogP contribution is -2.12. The van der Waals surface area contributed by atoms with Crippen LogP contribution in [0.25, 0.3) is 11.0 Å². The van der Waals surface area contributed by atoms with Crippen molar-refractivity contribution >= 4 is 33.6 Å². The number of benzene rings is 1. The van der Waals surface area contributed by atoms with Gasteiger partial charge in [-0.15, -0.1) is 0 Å². The van der Waals surface area contributed by atoms with Gasteiger partial charge in [0.1, 0.15) is 12.2 Å². The molecule has 2 aromatic rings. The fourth-order valence-electron chi connectivity index (χ4n) is 1.99. The molecule has 106 valence electrons. The van der Waals surface area contributed by atoms with Crippen molar-refractivity contribution in [1.82, 2.24) is 0 Å². The Kier molecular flexibility index (Phi) is 5.23. The highest BCUT2D eigenvalue weighted by Crippen LogP contribution is 2.24. The van der Waals surface area contributed by atoms with E-state index in [1.54, 1.807) is 0 Å². The van der Waals surface area contributed by atoms with E-state index in [-0.39, 0.29) is 5.43 Å². The van der Waals surface area contributed by atoms with Gasteiger partial charge in [-0.05, 0) is 54.1 Å². The second kappa shape index (κ2) is 6.92. The van der Waals surface area contributed by atoms with Crippen LogP contribution in [0.3, 0.4) is 0 Å². The number of hydrogen-bond donors (Lipinski definition) is 0. The van der Waals surface area contributed by atoms with Crippen LogP contribution in [0.2, 0.25) is 0 Å². The smallest absolute Gasteiger partial charge is 0.292 e. The molecule has 0 amide bonds. The Bertz CT molecular complexity index is 686. The lowest BCUT2D eigenvalue weighted by Gasteiger charge is -2.09. The lowest BCUT2D eigenvalue weighted by molar-refractivity contribution is 0.271. The highest BCUT2D eigenvalue weighted by molar-refractivity contribution is 14.1. The number of rotatable bonds is 5. The first-order chi connectivity index (χ1) is 9.67. The normalized spacial score (nSPS) is 11.3. The topological polar surface area (TPSA) is 39.4 Å². The Morgan fingerprint density at radius 3 is 2.90 bits per heavy atom. The predicted octanol–water partition coefficient (Wildman–Crippen LogP) is 4.31. The van der Waals surface area contributed by atoms with Crippen LogP contribution in [0.4, 0.5) is 0 Å². The zero-order chi connectivity index (χ0) is 14.5. The van der Waals surface area contributed by atoms with Crippen molar-refractivity contribution in [3.63, 3.8) is 0 Å². The van der Waals surface area contributed by atoms with E-state index in [4.69, 9.17) is 9.15 Å². The molecule has 4 heteroatoms. The van der Waals surface area contributed by atoms with Crippen molar-refractivity contribution in [1.29, 1.82) is 0 Å². The molecule has 0 atom stereocenters. The molecule has 1 aromatic carbocycles. The number of fused-ring (bicyclic) bond motifs is 1. The van der Waals surface area contributed by atoms with E-state index in [2.05, 4.69) is 22.6 Å². The van der Waals surface area contributed by atoms with E-state index >= 15 is 0 Å². The van der Waals surface area contributed by atoms with Gasteiger partial charge in [-0.25, -0.2) is 0 Å². The summed E-state index contributed by atoms with van der Waals surface area (Å²) in [7, 11) is 0. The second-order valence-corrected chi connectivity index (χ2v) is 5.71. The molecule has 20 heavy (non-hydrogen) atoms. The summed E-state index contributed by atoms with van der Waals surface area (Å²) < 4.78 is 12.4. The maximum Gasteiger partial charge on any atom is 0.292 e. The quantitative estimate of drug-likeness (QED) is 0.570. The van der Waals surface area contributed by atoms with Gasteiger partial charge in [-0.3, -0.25) is 4.79 Å². The molecule has 0 unspecified atom stereocenters. The van der Waals surface area contributed by atoms with Gasteiger partial charge < -0.3 is 9.15 Å². The van der Waals surface area contributed by atoms with Crippen LogP contribution in [0.5, 0.6) is 5.95 Å². The number of ether oxygens (including phenoxy) is 1. The summed E-state index contributed by atoms with van der Waals surface area (Å²) in [6.07, 6.45) is 5.32. The summed E-state index contributed by atoms with van der Waals surface area (Å²) in [5, 5.41) is 0.624. The number of allylic oxidation sites excluding steroid dienone is 1. The minimum atomic E-state index is 0.0158. The van der Waals surface area contributed by atoms with Gasteiger partial charge in [0.25, 0.3) is 5.95 Å². The Labute approximate surface area is 131 Å². The van der Waals surface area contributed by atoms with Gasteiger partial charge in [-0.1, -0.05) is 25.5 Å². The molecule has 0 bridgehead atoms. The zero-order valence-corrected chi connectivity index (χ0v) is 13.8. The summed E-state index contributed by atoms with van der Waals surface area (Å²) in [5.74, 6) is 0.351. The van der Waals surface area contributed by atoms with Crippen LogP contribution >= 0.6 is 22.6 Å². The van der Waals surface area contributed by atoms with Gasteiger partial charge in [0, 0.05) is 3.57 Å². The fraction of sp³-hybridized carbons (Fsp3) is 0.312. The van der Waals surface area contributed by atoms with E-state index in [1.165, 1.54) is 0 Å². The molecule has 0 radical (unpaired) electrons. The van der Waals surface area contributed by atoms with E-state index in [0.717, 1.165) is 9.99 Å². The molecule has 0 N–H and O–H groups in total. The Morgan fingerprint density at radius 2 is 2.20 bits per heavy atom. The Hall–Kier alpha value is -1.30. The maximum absolute atomic E-state index is 12.6. The van der Waals surface area contributed by atoms with Crippen LogP contribution in [0.1, 0.15) is 25.8 Å². The van der Waals surface area contributed by atoms with Crippen molar-refractivity contribution < 1.29 is 9.15 Å². The summed E-state index contributed by atoms with van der Waals surface area (Å²) in [5.41, 5.74) is 1.22. The van der Waals surface area contributed by atoms with Crippen LogP contribution in [-0.2, 0) is 6.42 Å². The number of hydrogen-bond acceptors (Lipinski definition) is 3. The third-order valence-corrected chi connectivity index (χ3v) is 3.63. The summed E-state index contributed by atoms with van der Waals surface area (Å²) in [6, 6.07) is 5.59. The molecular weight excluding hydrogens is 367 g/mol. The molecule has 0 fully saturated rings. The first-order valence-corrected chi connectivity index (χ1v) is 7.74. The molecule has 0 aliphatic rings. The lowest BCUT2D eigenvalue weighted by atomic mass is 10.1. The molecule has 0 saturated heterocycles. The first-order valence-electron chi connectivity index (χ1n) is 6.66. The summed E-state index contributed by atoms with van der Waals surface area (Å²) in [4.78, 5) is 12.6. The van der Waals surface area contributed by atoms with E-state index in [9.17, 15) is 4.79 Å². The van der Waals surface area contributed by atoms with Crippen LogP contribution < -0.4 is 10.2 Å². The van der Waals surface area contributed by atoms with Crippen molar-refractivity contribution in [3.8, 4) is 5.95 Å². The van der Waals surface area contributed by atoms with Gasteiger partial charge in [0.05, 0.1) is 10.9 Å². The Balaban J connectivity index is 2.57. The van der Waals surface area contributed by atoms with Crippen molar-refractivity contribution in [2.24, 2.45) is 0 Å². The molecule has 3 nitrogen and oxygen atoms in total. The van der Waals surface area contributed by atoms with Crippen molar-refractivity contribution in [2.75, 3.05) is 6.61 Å². The average Bonchev–Trinajstić information content (AvgIpc) is 2.44. The molecule has 2 rings (SSSR count). The monoisotopic (exact) mass is 384 g/mol. The molecule has 0 spiro atoms. The van der Waals surface area contributed by atoms with Gasteiger partial charge >= 0.3 is 0 Å². The average molecular weight is 384 g/mol. The first kappa shape index (κ1) is 15.1. The molecule has 0 saturated carbocycles. The highest BCUT2D eigenvalue weighted by atomic mass is 127. The van der Waals surface area contributed by atoms with Gasteiger partial charge in [-0.2, -0.15) is 0 Å². The minimum absolute atomic E-state index is 0.0158. The van der Waals surface area contributed by atoms with E-state index in [0.29, 0.717) is 35.5 Å². The van der Waals surface area contributed by atoms with Crippen LogP contribution in [0, 0.1) is 3.57 Å². The highest BCUT2D eigenvalue weighted by Gasteiger charge is 2.15. The fourth-order valence-corrected chi connectivity index (χ4v) is 2.48. The van der Waals surface area contributed by atoms with Crippen LogP contribution in [-0.4, -0.2) is 6.61 Å². The second-order valence-electron chi connectivity index (χ2n) is 4.47. The third-order valence-electron chi connectivity index (χ3n) is 2.96. The Morgan fingerprint density at radius 1 is 1.40 bits per heavy atom. The molecular formula is C16H17IO3. The molecule has 1 aromatic heterocycles.